The van der Waals surface area contributed by atoms with Crippen LogP contribution in [0.1, 0.15) is 25.2 Å². The molecule has 0 aliphatic rings. The van der Waals surface area contributed by atoms with E-state index in [1.54, 1.807) is 6.92 Å². The molecule has 0 saturated carbocycles. The zero-order valence-corrected chi connectivity index (χ0v) is 11.0. The van der Waals surface area contributed by atoms with Crippen LogP contribution in [0, 0.1) is 19.8 Å². The third-order valence-corrected chi connectivity index (χ3v) is 2.17. The summed E-state index contributed by atoms with van der Waals surface area (Å²) in [5.41, 5.74) is 6.51. The molecular formula is C12H21N3O2. The summed E-state index contributed by atoms with van der Waals surface area (Å²) < 4.78 is 10.9. The maximum Gasteiger partial charge on any atom is 0.221 e. The lowest BCUT2D eigenvalue weighted by Gasteiger charge is -2.11. The Morgan fingerprint density at radius 1 is 1.18 bits per heavy atom. The Labute approximate surface area is 102 Å². The Hall–Kier alpha value is -1.36. The van der Waals surface area contributed by atoms with Gasteiger partial charge < -0.3 is 15.2 Å². The maximum absolute atomic E-state index is 5.73. The van der Waals surface area contributed by atoms with E-state index < -0.39 is 0 Å². The second-order valence-electron chi connectivity index (χ2n) is 4.40. The van der Waals surface area contributed by atoms with Crippen molar-refractivity contribution in [3.05, 3.63) is 11.4 Å². The van der Waals surface area contributed by atoms with Gasteiger partial charge in [0.15, 0.2) is 0 Å². The van der Waals surface area contributed by atoms with Crippen LogP contribution in [-0.4, -0.2) is 29.8 Å². The topological polar surface area (TPSA) is 70.3 Å². The van der Waals surface area contributed by atoms with Crippen molar-refractivity contribution in [1.82, 2.24) is 9.97 Å². The molecule has 1 aromatic rings. The van der Waals surface area contributed by atoms with Gasteiger partial charge in [0.25, 0.3) is 0 Å². The molecule has 5 nitrogen and oxygen atoms in total. The number of ether oxygens (including phenoxy) is 2. The lowest BCUT2D eigenvalue weighted by atomic mass is 10.2. The van der Waals surface area contributed by atoms with Gasteiger partial charge in [-0.1, -0.05) is 13.8 Å². The van der Waals surface area contributed by atoms with E-state index in [1.807, 2.05) is 6.92 Å². The SMILES string of the molecule is Cc1nc(N)c(C)c(OCCOCC(C)C)n1. The van der Waals surface area contributed by atoms with E-state index in [2.05, 4.69) is 23.8 Å². The lowest BCUT2D eigenvalue weighted by Crippen LogP contribution is -2.12. The van der Waals surface area contributed by atoms with Gasteiger partial charge in [0, 0.05) is 6.61 Å². The summed E-state index contributed by atoms with van der Waals surface area (Å²) in [5, 5.41) is 0. The van der Waals surface area contributed by atoms with Crippen molar-refractivity contribution >= 4 is 5.82 Å². The fourth-order valence-corrected chi connectivity index (χ4v) is 1.28. The van der Waals surface area contributed by atoms with Crippen LogP contribution < -0.4 is 10.5 Å². The summed E-state index contributed by atoms with van der Waals surface area (Å²) in [4.78, 5) is 8.25. The first kappa shape index (κ1) is 13.7. The highest BCUT2D eigenvalue weighted by atomic mass is 16.5. The van der Waals surface area contributed by atoms with Crippen molar-refractivity contribution in [2.45, 2.75) is 27.7 Å². The Kier molecular flexibility index (Phi) is 5.15. The zero-order valence-electron chi connectivity index (χ0n) is 11.0. The van der Waals surface area contributed by atoms with Crippen LogP contribution >= 0.6 is 0 Å². The van der Waals surface area contributed by atoms with Gasteiger partial charge in [0.1, 0.15) is 18.2 Å². The predicted octanol–water partition coefficient (Wildman–Crippen LogP) is 1.73. The van der Waals surface area contributed by atoms with Crippen LogP contribution in [0.25, 0.3) is 0 Å². The minimum Gasteiger partial charge on any atom is -0.475 e. The summed E-state index contributed by atoms with van der Waals surface area (Å²) in [5.74, 6) is 2.17. The summed E-state index contributed by atoms with van der Waals surface area (Å²) in [6.45, 7) is 9.63. The molecule has 2 N–H and O–H groups in total. The van der Waals surface area contributed by atoms with Crippen LogP contribution in [0.3, 0.4) is 0 Å². The fourth-order valence-electron chi connectivity index (χ4n) is 1.28. The van der Waals surface area contributed by atoms with Gasteiger partial charge >= 0.3 is 0 Å². The number of aromatic nitrogens is 2. The number of hydrogen-bond donors (Lipinski definition) is 1. The molecule has 0 fully saturated rings. The summed E-state index contributed by atoms with van der Waals surface area (Å²) in [6.07, 6.45) is 0. The Morgan fingerprint density at radius 3 is 2.53 bits per heavy atom. The molecule has 1 heterocycles. The zero-order chi connectivity index (χ0) is 12.8. The number of nitrogens with two attached hydrogens (primary N) is 1. The van der Waals surface area contributed by atoms with Gasteiger partial charge in [-0.25, -0.2) is 4.98 Å². The van der Waals surface area contributed by atoms with E-state index in [0.29, 0.717) is 36.7 Å². The summed E-state index contributed by atoms with van der Waals surface area (Å²) in [7, 11) is 0. The second kappa shape index (κ2) is 6.39. The molecule has 0 radical (unpaired) electrons. The number of anilines is 1. The molecule has 0 bridgehead atoms. The highest BCUT2D eigenvalue weighted by Crippen LogP contribution is 2.18. The molecule has 17 heavy (non-hydrogen) atoms. The van der Waals surface area contributed by atoms with E-state index in [-0.39, 0.29) is 0 Å². The largest absolute Gasteiger partial charge is 0.475 e. The van der Waals surface area contributed by atoms with Crippen LogP contribution in [0.15, 0.2) is 0 Å². The molecule has 0 aromatic carbocycles. The third kappa shape index (κ3) is 4.56. The second-order valence-corrected chi connectivity index (χ2v) is 4.40. The quantitative estimate of drug-likeness (QED) is 0.765. The van der Waals surface area contributed by atoms with E-state index in [9.17, 15) is 0 Å². The first-order chi connectivity index (χ1) is 8.00. The van der Waals surface area contributed by atoms with Gasteiger partial charge in [0.2, 0.25) is 5.88 Å². The monoisotopic (exact) mass is 239 g/mol. The van der Waals surface area contributed by atoms with Crippen molar-refractivity contribution in [1.29, 1.82) is 0 Å². The number of nitrogens with zero attached hydrogens (tertiary/aromatic N) is 2. The van der Waals surface area contributed by atoms with Crippen molar-refractivity contribution in [2.75, 3.05) is 25.6 Å². The Balaban J connectivity index is 2.41. The highest BCUT2D eigenvalue weighted by Gasteiger charge is 2.07. The molecule has 0 atom stereocenters. The first-order valence-corrected chi connectivity index (χ1v) is 5.82. The number of nitrogen functional groups attached to an aromatic ring is 1. The van der Waals surface area contributed by atoms with Gasteiger partial charge in [0.05, 0.1) is 12.2 Å². The Bertz CT molecular complexity index is 367. The first-order valence-electron chi connectivity index (χ1n) is 5.82. The minimum atomic E-state index is 0.468. The summed E-state index contributed by atoms with van der Waals surface area (Å²) >= 11 is 0. The molecular weight excluding hydrogens is 218 g/mol. The van der Waals surface area contributed by atoms with Gasteiger partial charge in [-0.2, -0.15) is 4.98 Å². The molecule has 96 valence electrons. The molecule has 0 unspecified atom stereocenters. The van der Waals surface area contributed by atoms with Crippen molar-refractivity contribution in [3.63, 3.8) is 0 Å². The van der Waals surface area contributed by atoms with Crippen molar-refractivity contribution in [3.8, 4) is 5.88 Å². The molecule has 1 aromatic heterocycles. The number of rotatable bonds is 6. The third-order valence-electron chi connectivity index (χ3n) is 2.17. The minimum absolute atomic E-state index is 0.468. The molecule has 0 aliphatic carbocycles. The fraction of sp³-hybridized carbons (Fsp3) is 0.667. The van der Waals surface area contributed by atoms with Crippen molar-refractivity contribution < 1.29 is 9.47 Å². The number of hydrogen-bond acceptors (Lipinski definition) is 5. The number of aryl methyl sites for hydroxylation is 1. The smallest absolute Gasteiger partial charge is 0.221 e. The molecule has 0 aliphatic heterocycles. The standard InChI is InChI=1S/C12H21N3O2/c1-8(2)7-16-5-6-17-12-9(3)11(13)14-10(4)15-12/h8H,5-7H2,1-4H3,(H2,13,14,15). The molecule has 0 spiro atoms. The van der Waals surface area contributed by atoms with E-state index in [1.165, 1.54) is 0 Å². The van der Waals surface area contributed by atoms with Crippen LogP contribution in [-0.2, 0) is 4.74 Å². The van der Waals surface area contributed by atoms with Gasteiger partial charge in [-0.15, -0.1) is 0 Å². The van der Waals surface area contributed by atoms with Gasteiger partial charge in [-0.05, 0) is 19.8 Å². The average molecular weight is 239 g/mol. The lowest BCUT2D eigenvalue weighted by molar-refractivity contribution is 0.0803. The van der Waals surface area contributed by atoms with E-state index in [4.69, 9.17) is 15.2 Å². The summed E-state index contributed by atoms with van der Waals surface area (Å²) in [6, 6.07) is 0. The van der Waals surface area contributed by atoms with Crippen LogP contribution in [0.2, 0.25) is 0 Å². The van der Waals surface area contributed by atoms with Gasteiger partial charge in [-0.3, -0.25) is 0 Å². The molecule has 1 rings (SSSR count). The average Bonchev–Trinajstić information content (AvgIpc) is 2.23. The van der Waals surface area contributed by atoms with Crippen molar-refractivity contribution in [2.24, 2.45) is 5.92 Å². The van der Waals surface area contributed by atoms with E-state index >= 15 is 0 Å². The Morgan fingerprint density at radius 2 is 1.88 bits per heavy atom. The normalized spacial score (nSPS) is 10.9. The van der Waals surface area contributed by atoms with Crippen LogP contribution in [0.5, 0.6) is 5.88 Å². The molecule has 0 amide bonds. The highest BCUT2D eigenvalue weighted by molar-refractivity contribution is 5.44. The molecule has 5 heteroatoms. The predicted molar refractivity (Wildman–Crippen MR) is 67.1 cm³/mol. The van der Waals surface area contributed by atoms with E-state index in [0.717, 1.165) is 12.2 Å². The molecule has 0 saturated heterocycles. The maximum atomic E-state index is 5.73. The van der Waals surface area contributed by atoms with Crippen LogP contribution in [0.4, 0.5) is 5.82 Å².